The molecular weight excluding hydrogens is 431 g/mol. The largest absolute Gasteiger partial charge is 0.480 e. The predicted molar refractivity (Wildman–Crippen MR) is 114 cm³/mol. The highest BCUT2D eigenvalue weighted by Crippen LogP contribution is 2.41. The Labute approximate surface area is 180 Å². The first-order valence-electron chi connectivity index (χ1n) is 9.40. The number of carboxylic acids is 1. The number of hydrogen-bond acceptors (Lipinski definition) is 4. The van der Waals surface area contributed by atoms with Gasteiger partial charge >= 0.3 is 5.97 Å². The Morgan fingerprint density at radius 1 is 1.17 bits per heavy atom. The molecule has 0 aromatic heterocycles. The van der Waals surface area contributed by atoms with Gasteiger partial charge in [0.05, 0.1) is 12.4 Å². The molecule has 0 unspecified atom stereocenters. The molecule has 9 heteroatoms. The third-order valence-corrected chi connectivity index (χ3v) is 8.13. The first-order valence-corrected chi connectivity index (χ1v) is 11.2. The Morgan fingerprint density at radius 2 is 1.80 bits per heavy atom. The van der Waals surface area contributed by atoms with Gasteiger partial charge in [0.2, 0.25) is 10.0 Å². The number of benzene rings is 2. The monoisotopic (exact) mass is 454 g/mol. The van der Waals surface area contributed by atoms with Crippen molar-refractivity contribution in [3.63, 3.8) is 0 Å². The maximum Gasteiger partial charge on any atom is 0.322 e. The highest BCUT2D eigenvalue weighted by molar-refractivity contribution is 7.89. The van der Waals surface area contributed by atoms with Gasteiger partial charge in [-0.25, -0.2) is 12.8 Å². The standard InChI is InChI=1S/C21H24ClFN2O4S/c1-11-6-8-16(23)18(12(11)2)14(4)20(21(26)27)25-10-24(5)19-13(3)15(22)7-9-17(19)30(25,28)29/h6-9,14,20H,10H2,1-5H3,(H,26,27)/t14-,20+/m1/s1. The molecule has 162 valence electrons. The van der Waals surface area contributed by atoms with Crippen molar-refractivity contribution in [2.45, 2.75) is 44.6 Å². The van der Waals surface area contributed by atoms with Crippen LogP contribution in [0.5, 0.6) is 0 Å². The van der Waals surface area contributed by atoms with Gasteiger partial charge in [-0.15, -0.1) is 0 Å². The molecule has 0 bridgehead atoms. The summed E-state index contributed by atoms with van der Waals surface area (Å²) < 4.78 is 42.5. The smallest absolute Gasteiger partial charge is 0.322 e. The molecule has 2 aromatic carbocycles. The predicted octanol–water partition coefficient (Wildman–Crippen LogP) is 4.06. The fraction of sp³-hybridized carbons (Fsp3) is 0.381. The molecule has 0 saturated carbocycles. The van der Waals surface area contributed by atoms with E-state index in [1.807, 2.05) is 0 Å². The third kappa shape index (κ3) is 3.46. The van der Waals surface area contributed by atoms with E-state index in [2.05, 4.69) is 0 Å². The van der Waals surface area contributed by atoms with Crippen molar-refractivity contribution >= 4 is 33.3 Å². The molecule has 1 aliphatic heterocycles. The number of rotatable bonds is 4. The number of halogens is 2. The Hall–Kier alpha value is -2.16. The second-order valence-corrected chi connectivity index (χ2v) is 9.99. The molecule has 2 atom stereocenters. The van der Waals surface area contributed by atoms with E-state index in [-0.39, 0.29) is 17.1 Å². The summed E-state index contributed by atoms with van der Waals surface area (Å²) in [5.74, 6) is -2.81. The molecule has 3 rings (SSSR count). The van der Waals surface area contributed by atoms with Gasteiger partial charge in [-0.2, -0.15) is 4.31 Å². The quantitative estimate of drug-likeness (QED) is 0.753. The summed E-state index contributed by atoms with van der Waals surface area (Å²) in [5.41, 5.74) is 2.66. The van der Waals surface area contributed by atoms with Gasteiger partial charge < -0.3 is 10.0 Å². The average molecular weight is 455 g/mol. The Bertz CT molecular complexity index is 1140. The van der Waals surface area contributed by atoms with Crippen LogP contribution in [0.1, 0.15) is 35.1 Å². The fourth-order valence-corrected chi connectivity index (χ4v) is 6.26. The number of hydrogen-bond donors (Lipinski definition) is 1. The molecule has 0 amide bonds. The fourth-order valence-electron chi connectivity index (χ4n) is 4.16. The number of sulfonamides is 1. The van der Waals surface area contributed by atoms with Crippen LogP contribution in [0.15, 0.2) is 29.2 Å². The van der Waals surface area contributed by atoms with Crippen LogP contribution < -0.4 is 4.90 Å². The van der Waals surface area contributed by atoms with E-state index >= 15 is 0 Å². The third-order valence-electron chi connectivity index (χ3n) is 5.87. The minimum absolute atomic E-state index is 0.0157. The molecule has 0 saturated heterocycles. The minimum atomic E-state index is -4.16. The summed E-state index contributed by atoms with van der Waals surface area (Å²) >= 11 is 6.16. The molecule has 1 N–H and O–H groups in total. The molecule has 0 aliphatic carbocycles. The van der Waals surface area contributed by atoms with E-state index in [1.165, 1.54) is 18.2 Å². The topological polar surface area (TPSA) is 77.9 Å². The van der Waals surface area contributed by atoms with Gasteiger partial charge in [0.15, 0.2) is 0 Å². The summed E-state index contributed by atoms with van der Waals surface area (Å²) in [4.78, 5) is 13.9. The van der Waals surface area contributed by atoms with Crippen LogP contribution in [0, 0.1) is 26.6 Å². The molecular formula is C21H24ClFN2O4S. The van der Waals surface area contributed by atoms with Crippen molar-refractivity contribution in [3.05, 3.63) is 57.4 Å². The van der Waals surface area contributed by atoms with E-state index < -0.39 is 33.8 Å². The van der Waals surface area contributed by atoms with Gasteiger partial charge in [-0.1, -0.05) is 24.6 Å². The number of carbonyl (C=O) groups is 1. The van der Waals surface area contributed by atoms with Crippen molar-refractivity contribution in [3.8, 4) is 0 Å². The van der Waals surface area contributed by atoms with Crippen molar-refractivity contribution in [2.75, 3.05) is 18.6 Å². The van der Waals surface area contributed by atoms with Crippen molar-refractivity contribution in [2.24, 2.45) is 0 Å². The van der Waals surface area contributed by atoms with Crippen molar-refractivity contribution in [1.82, 2.24) is 4.31 Å². The number of fused-ring (bicyclic) bond motifs is 1. The first kappa shape index (κ1) is 22.5. The number of anilines is 1. The second kappa shape index (κ2) is 7.83. The van der Waals surface area contributed by atoms with Crippen molar-refractivity contribution in [1.29, 1.82) is 0 Å². The SMILES string of the molecule is Cc1ccc(F)c([C@@H](C)[C@@H](C(=O)O)N2CN(C)c3c(ccc(Cl)c3C)S2(=O)=O)c1C. The summed E-state index contributed by atoms with van der Waals surface area (Å²) in [5, 5.41) is 10.4. The minimum Gasteiger partial charge on any atom is -0.480 e. The van der Waals surface area contributed by atoms with E-state index in [1.54, 1.807) is 45.7 Å². The highest BCUT2D eigenvalue weighted by Gasteiger charge is 2.45. The van der Waals surface area contributed by atoms with Crippen LogP contribution in [0.4, 0.5) is 10.1 Å². The number of nitrogens with zero attached hydrogens (tertiary/aromatic N) is 2. The van der Waals surface area contributed by atoms with Crippen LogP contribution in [0.2, 0.25) is 5.02 Å². The summed E-state index contributed by atoms with van der Waals surface area (Å²) in [7, 11) is -2.49. The lowest BCUT2D eigenvalue weighted by molar-refractivity contribution is -0.142. The van der Waals surface area contributed by atoms with E-state index in [0.717, 1.165) is 9.87 Å². The van der Waals surface area contributed by atoms with E-state index in [4.69, 9.17) is 11.6 Å². The summed E-state index contributed by atoms with van der Waals surface area (Å²) in [6.45, 7) is 6.58. The average Bonchev–Trinajstić information content (AvgIpc) is 2.65. The number of aliphatic carboxylic acids is 1. The van der Waals surface area contributed by atoms with E-state index in [0.29, 0.717) is 21.8 Å². The normalized spacial score (nSPS) is 18.0. The summed E-state index contributed by atoms with van der Waals surface area (Å²) in [6.07, 6.45) is 0. The lowest BCUT2D eigenvalue weighted by atomic mass is 9.87. The molecule has 30 heavy (non-hydrogen) atoms. The van der Waals surface area contributed by atoms with Gasteiger partial charge in [0.25, 0.3) is 0 Å². The molecule has 0 fully saturated rings. The first-order chi connectivity index (χ1) is 13.9. The molecule has 0 radical (unpaired) electrons. The molecule has 2 aromatic rings. The zero-order valence-electron chi connectivity index (χ0n) is 17.4. The van der Waals surface area contributed by atoms with Crippen LogP contribution in [-0.2, 0) is 14.8 Å². The van der Waals surface area contributed by atoms with E-state index in [9.17, 15) is 22.7 Å². The lowest BCUT2D eigenvalue weighted by Gasteiger charge is -2.41. The maximum atomic E-state index is 14.7. The second-order valence-electron chi connectivity index (χ2n) is 7.73. The Kier molecular flexibility index (Phi) is 5.88. The van der Waals surface area contributed by atoms with Gasteiger partial charge in [0.1, 0.15) is 16.8 Å². The molecule has 6 nitrogen and oxygen atoms in total. The molecule has 1 heterocycles. The maximum absolute atomic E-state index is 14.7. The zero-order chi connectivity index (χ0) is 22.5. The molecule has 1 aliphatic rings. The Morgan fingerprint density at radius 3 is 2.40 bits per heavy atom. The van der Waals surface area contributed by atoms with Crippen LogP contribution in [0.25, 0.3) is 0 Å². The van der Waals surface area contributed by atoms with Gasteiger partial charge in [-0.3, -0.25) is 4.79 Å². The summed E-state index contributed by atoms with van der Waals surface area (Å²) in [6, 6.07) is 4.27. The van der Waals surface area contributed by atoms with Crippen molar-refractivity contribution < 1.29 is 22.7 Å². The zero-order valence-corrected chi connectivity index (χ0v) is 19.0. The number of aryl methyl sites for hydroxylation is 1. The highest BCUT2D eigenvalue weighted by atomic mass is 35.5. The van der Waals surface area contributed by atoms with Crippen LogP contribution >= 0.6 is 11.6 Å². The number of carboxylic acid groups (broad SMARTS) is 1. The van der Waals surface area contributed by atoms with Gasteiger partial charge in [-0.05, 0) is 61.2 Å². The lowest BCUT2D eigenvalue weighted by Crippen LogP contribution is -2.54. The van der Waals surface area contributed by atoms with Gasteiger partial charge in [0, 0.05) is 18.0 Å². The van der Waals surface area contributed by atoms with Crippen LogP contribution in [0.3, 0.4) is 0 Å². The van der Waals surface area contributed by atoms with Crippen LogP contribution in [-0.4, -0.2) is 43.6 Å². The molecule has 0 spiro atoms. The Balaban J connectivity index is 2.18.